The lowest BCUT2D eigenvalue weighted by Gasteiger charge is -2.22. The normalized spacial score (nSPS) is 21.5. The Morgan fingerprint density at radius 2 is 2.05 bits per heavy atom. The van der Waals surface area contributed by atoms with Crippen molar-refractivity contribution in [2.75, 3.05) is 11.5 Å². The molecule has 8 heteroatoms. The predicted octanol–water partition coefficient (Wildman–Crippen LogP) is 0.490. The first-order chi connectivity index (χ1) is 10.0. The molecule has 0 unspecified atom stereocenters. The molecule has 114 valence electrons. The molecule has 2 amide bonds. The van der Waals surface area contributed by atoms with Gasteiger partial charge in [0.25, 0.3) is 0 Å². The maximum atomic E-state index is 11.7. The first-order valence-corrected chi connectivity index (χ1v) is 8.11. The summed E-state index contributed by atoms with van der Waals surface area (Å²) in [4.78, 5) is 26.2. The van der Waals surface area contributed by atoms with Gasteiger partial charge < -0.3 is 15.7 Å². The average molecular weight is 311 g/mol. The molecule has 0 radical (unpaired) electrons. The molecular weight excluding hydrogens is 294 g/mol. The van der Waals surface area contributed by atoms with Crippen LogP contribution in [0.1, 0.15) is 28.9 Å². The van der Waals surface area contributed by atoms with E-state index in [9.17, 15) is 13.8 Å². The number of pyridine rings is 1. The molecule has 0 bridgehead atoms. The molecule has 0 saturated carbocycles. The summed E-state index contributed by atoms with van der Waals surface area (Å²) in [5, 5.41) is 14.3. The van der Waals surface area contributed by atoms with Crippen molar-refractivity contribution in [3.05, 3.63) is 29.6 Å². The summed E-state index contributed by atoms with van der Waals surface area (Å²) in [7, 11) is -0.743. The Labute approximate surface area is 124 Å². The molecule has 1 aliphatic heterocycles. The van der Waals surface area contributed by atoms with Gasteiger partial charge in [0, 0.05) is 41.1 Å². The molecule has 1 aromatic rings. The topological polar surface area (TPSA) is 108 Å². The largest absolute Gasteiger partial charge is 0.477 e. The van der Waals surface area contributed by atoms with Crippen LogP contribution in [0.2, 0.25) is 0 Å². The summed E-state index contributed by atoms with van der Waals surface area (Å²) in [6.45, 7) is 0.275. The van der Waals surface area contributed by atoms with E-state index in [-0.39, 0.29) is 24.3 Å². The number of hydrogen-bond acceptors (Lipinski definition) is 4. The van der Waals surface area contributed by atoms with Crippen LogP contribution in [0.5, 0.6) is 0 Å². The predicted molar refractivity (Wildman–Crippen MR) is 77.5 cm³/mol. The summed E-state index contributed by atoms with van der Waals surface area (Å²) in [6, 6.07) is 2.79. The fraction of sp³-hybridized carbons (Fsp3) is 0.462. The highest BCUT2D eigenvalue weighted by molar-refractivity contribution is 7.85. The highest BCUT2D eigenvalue weighted by Gasteiger charge is 2.19. The van der Waals surface area contributed by atoms with Crippen molar-refractivity contribution in [1.29, 1.82) is 0 Å². The fourth-order valence-corrected chi connectivity index (χ4v) is 3.31. The molecule has 1 fully saturated rings. The van der Waals surface area contributed by atoms with Gasteiger partial charge in [0.15, 0.2) is 0 Å². The van der Waals surface area contributed by atoms with Crippen LogP contribution in [0.4, 0.5) is 4.79 Å². The number of rotatable bonds is 4. The molecular formula is C13H17N3O4S. The zero-order valence-corrected chi connectivity index (χ0v) is 12.2. The number of carboxylic acid groups (broad SMARTS) is 1. The average Bonchev–Trinajstić information content (AvgIpc) is 2.48. The monoisotopic (exact) mass is 311 g/mol. The Balaban J connectivity index is 1.75. The van der Waals surface area contributed by atoms with E-state index in [1.54, 1.807) is 6.07 Å². The smallest absolute Gasteiger partial charge is 0.354 e. The minimum Gasteiger partial charge on any atom is -0.477 e. The molecule has 3 N–H and O–H groups in total. The maximum Gasteiger partial charge on any atom is 0.354 e. The maximum absolute atomic E-state index is 11.7. The highest BCUT2D eigenvalue weighted by atomic mass is 32.2. The van der Waals surface area contributed by atoms with E-state index in [1.165, 1.54) is 12.3 Å². The summed E-state index contributed by atoms with van der Waals surface area (Å²) in [5.74, 6) is 0.179. The van der Waals surface area contributed by atoms with Gasteiger partial charge in [-0.2, -0.15) is 0 Å². The van der Waals surface area contributed by atoms with Crippen molar-refractivity contribution in [3.8, 4) is 0 Å². The lowest BCUT2D eigenvalue weighted by Crippen LogP contribution is -2.44. The van der Waals surface area contributed by atoms with Crippen LogP contribution in [-0.4, -0.2) is 43.8 Å². The third-order valence-corrected chi connectivity index (χ3v) is 4.60. The van der Waals surface area contributed by atoms with Crippen molar-refractivity contribution in [2.24, 2.45) is 0 Å². The molecule has 1 saturated heterocycles. The van der Waals surface area contributed by atoms with Crippen molar-refractivity contribution in [2.45, 2.75) is 25.4 Å². The van der Waals surface area contributed by atoms with Gasteiger partial charge in [-0.25, -0.2) is 14.6 Å². The van der Waals surface area contributed by atoms with E-state index in [0.29, 0.717) is 11.5 Å². The lowest BCUT2D eigenvalue weighted by molar-refractivity contribution is 0.0690. The van der Waals surface area contributed by atoms with Gasteiger partial charge in [0.05, 0.1) is 0 Å². The molecule has 1 aromatic heterocycles. The number of hydrogen-bond donors (Lipinski definition) is 3. The number of nitrogens with one attached hydrogen (secondary N) is 2. The van der Waals surface area contributed by atoms with E-state index in [0.717, 1.165) is 18.4 Å². The summed E-state index contributed by atoms with van der Waals surface area (Å²) < 4.78 is 11.2. The molecule has 0 aromatic carbocycles. The number of carboxylic acids is 1. The first-order valence-electron chi connectivity index (χ1n) is 6.62. The van der Waals surface area contributed by atoms with Crippen LogP contribution in [0.15, 0.2) is 18.3 Å². The van der Waals surface area contributed by atoms with Gasteiger partial charge >= 0.3 is 12.0 Å². The summed E-state index contributed by atoms with van der Waals surface area (Å²) >= 11 is 0. The van der Waals surface area contributed by atoms with Crippen molar-refractivity contribution in [1.82, 2.24) is 15.6 Å². The molecule has 0 aliphatic carbocycles. The van der Waals surface area contributed by atoms with Gasteiger partial charge in [-0.1, -0.05) is 6.07 Å². The first kappa shape index (κ1) is 15.4. The zero-order chi connectivity index (χ0) is 15.2. The number of aromatic nitrogens is 1. The molecule has 1 aliphatic rings. The van der Waals surface area contributed by atoms with Crippen LogP contribution in [0, 0.1) is 0 Å². The highest BCUT2D eigenvalue weighted by Crippen LogP contribution is 2.08. The van der Waals surface area contributed by atoms with Gasteiger partial charge in [0.1, 0.15) is 5.69 Å². The van der Waals surface area contributed by atoms with E-state index < -0.39 is 16.8 Å². The lowest BCUT2D eigenvalue weighted by atomic mass is 10.2. The van der Waals surface area contributed by atoms with Crippen LogP contribution < -0.4 is 10.6 Å². The van der Waals surface area contributed by atoms with Crippen LogP contribution in [-0.2, 0) is 17.3 Å². The number of carbonyl (C=O) groups is 2. The van der Waals surface area contributed by atoms with Crippen LogP contribution >= 0.6 is 0 Å². The standard InChI is InChI=1S/C13H17N3O4S/c17-12(18)11-2-1-9(7-14-11)8-15-13(19)16-10-3-5-21(20)6-4-10/h1-2,7,10H,3-6,8H2,(H,17,18)(H2,15,16,19). The van der Waals surface area contributed by atoms with Gasteiger partial charge in [-0.05, 0) is 24.5 Å². The number of urea groups is 1. The molecule has 21 heavy (non-hydrogen) atoms. The second-order valence-electron chi connectivity index (χ2n) is 4.81. The molecule has 2 rings (SSSR count). The van der Waals surface area contributed by atoms with Crippen LogP contribution in [0.25, 0.3) is 0 Å². The fourth-order valence-electron chi connectivity index (χ4n) is 2.01. The number of amides is 2. The van der Waals surface area contributed by atoms with E-state index in [4.69, 9.17) is 5.11 Å². The molecule has 0 spiro atoms. The Bertz CT molecular complexity index is 537. The third kappa shape index (κ3) is 4.82. The van der Waals surface area contributed by atoms with Crippen molar-refractivity contribution >= 4 is 22.8 Å². The Kier molecular flexibility index (Phi) is 5.26. The van der Waals surface area contributed by atoms with Crippen molar-refractivity contribution in [3.63, 3.8) is 0 Å². The van der Waals surface area contributed by atoms with E-state index in [1.807, 2.05) is 0 Å². The Morgan fingerprint density at radius 1 is 1.33 bits per heavy atom. The van der Waals surface area contributed by atoms with Crippen molar-refractivity contribution < 1.29 is 18.9 Å². The minimum absolute atomic E-state index is 0.0293. The number of carbonyl (C=O) groups excluding carboxylic acids is 1. The second kappa shape index (κ2) is 7.16. The minimum atomic E-state index is -1.08. The van der Waals surface area contributed by atoms with Crippen LogP contribution in [0.3, 0.4) is 0 Å². The van der Waals surface area contributed by atoms with E-state index in [2.05, 4.69) is 15.6 Å². The van der Waals surface area contributed by atoms with Gasteiger partial charge in [0.2, 0.25) is 0 Å². The molecule has 2 heterocycles. The molecule has 7 nitrogen and oxygen atoms in total. The second-order valence-corrected chi connectivity index (χ2v) is 6.50. The Hall–Kier alpha value is -1.96. The third-order valence-electron chi connectivity index (χ3n) is 3.22. The quantitative estimate of drug-likeness (QED) is 0.750. The van der Waals surface area contributed by atoms with E-state index >= 15 is 0 Å². The Morgan fingerprint density at radius 3 is 2.62 bits per heavy atom. The zero-order valence-electron chi connectivity index (χ0n) is 11.4. The summed E-state index contributed by atoms with van der Waals surface area (Å²) in [5.41, 5.74) is 0.693. The molecule has 0 atom stereocenters. The SMILES string of the molecule is O=C(NCc1ccc(C(=O)O)nc1)NC1CCS(=O)CC1. The van der Waals surface area contributed by atoms with Gasteiger partial charge in [-0.3, -0.25) is 4.21 Å². The number of aromatic carboxylic acids is 1. The van der Waals surface area contributed by atoms with Gasteiger partial charge in [-0.15, -0.1) is 0 Å². The summed E-state index contributed by atoms with van der Waals surface area (Å²) in [6.07, 6.45) is 2.89. The number of nitrogens with zero attached hydrogens (tertiary/aromatic N) is 1.